The first kappa shape index (κ1) is 6.95. The van der Waals surface area contributed by atoms with E-state index >= 15 is 0 Å². The van der Waals surface area contributed by atoms with E-state index < -0.39 is 0 Å². The van der Waals surface area contributed by atoms with E-state index in [-0.39, 0.29) is 12.2 Å². The average molecular weight is 132 g/mol. The second kappa shape index (κ2) is 3.12. The fourth-order valence-corrected chi connectivity index (χ4v) is 0.868. The SMILES string of the molecule is NC[C@H]1OCO[C@@H]1CN. The van der Waals surface area contributed by atoms with E-state index in [9.17, 15) is 0 Å². The fourth-order valence-electron chi connectivity index (χ4n) is 0.868. The quantitative estimate of drug-likeness (QED) is 0.487. The molecule has 0 radical (unpaired) electrons. The summed E-state index contributed by atoms with van der Waals surface area (Å²) in [6, 6.07) is 0. The first-order chi connectivity index (χ1) is 4.38. The maximum absolute atomic E-state index is 5.34. The summed E-state index contributed by atoms with van der Waals surface area (Å²) < 4.78 is 10.2. The van der Waals surface area contributed by atoms with Crippen LogP contribution in [0.3, 0.4) is 0 Å². The lowest BCUT2D eigenvalue weighted by atomic mass is 10.2. The minimum atomic E-state index is 0.00926. The first-order valence-electron chi connectivity index (χ1n) is 3.02. The van der Waals surface area contributed by atoms with E-state index in [1.54, 1.807) is 0 Å². The third-order valence-electron chi connectivity index (χ3n) is 1.44. The molecule has 54 valence electrons. The number of rotatable bonds is 2. The van der Waals surface area contributed by atoms with Gasteiger partial charge in [-0.25, -0.2) is 0 Å². The molecule has 0 aromatic carbocycles. The topological polar surface area (TPSA) is 70.5 Å². The lowest BCUT2D eigenvalue weighted by molar-refractivity contribution is 0.0408. The highest BCUT2D eigenvalue weighted by Crippen LogP contribution is 2.09. The minimum Gasteiger partial charge on any atom is -0.348 e. The van der Waals surface area contributed by atoms with Gasteiger partial charge in [-0.15, -0.1) is 0 Å². The molecule has 0 amide bonds. The molecule has 0 aliphatic carbocycles. The van der Waals surface area contributed by atoms with E-state index in [4.69, 9.17) is 20.9 Å². The van der Waals surface area contributed by atoms with Gasteiger partial charge in [-0.3, -0.25) is 0 Å². The van der Waals surface area contributed by atoms with Gasteiger partial charge in [-0.1, -0.05) is 0 Å². The largest absolute Gasteiger partial charge is 0.348 e. The van der Waals surface area contributed by atoms with Crippen LogP contribution in [0.1, 0.15) is 0 Å². The second-order valence-electron chi connectivity index (χ2n) is 2.00. The lowest BCUT2D eigenvalue weighted by Crippen LogP contribution is -2.35. The van der Waals surface area contributed by atoms with Gasteiger partial charge in [0.15, 0.2) is 0 Å². The lowest BCUT2D eigenvalue weighted by Gasteiger charge is -2.11. The molecule has 9 heavy (non-hydrogen) atoms. The molecule has 4 N–H and O–H groups in total. The van der Waals surface area contributed by atoms with Crippen LogP contribution in [0, 0.1) is 0 Å². The Morgan fingerprint density at radius 2 is 1.56 bits per heavy atom. The molecule has 0 aromatic heterocycles. The van der Waals surface area contributed by atoms with E-state index in [2.05, 4.69) is 0 Å². The molecule has 0 aromatic rings. The Labute approximate surface area is 54.1 Å². The van der Waals surface area contributed by atoms with Crippen LogP contribution in [-0.4, -0.2) is 32.1 Å². The molecule has 0 bridgehead atoms. The predicted molar refractivity (Wildman–Crippen MR) is 32.7 cm³/mol. The Morgan fingerprint density at radius 3 is 1.89 bits per heavy atom. The van der Waals surface area contributed by atoms with Gasteiger partial charge < -0.3 is 20.9 Å². The summed E-state index contributed by atoms with van der Waals surface area (Å²) in [5.74, 6) is 0. The van der Waals surface area contributed by atoms with Crippen molar-refractivity contribution in [1.82, 2.24) is 0 Å². The summed E-state index contributed by atoms with van der Waals surface area (Å²) in [4.78, 5) is 0. The number of ether oxygens (including phenoxy) is 2. The normalized spacial score (nSPS) is 35.3. The van der Waals surface area contributed by atoms with E-state index in [1.165, 1.54) is 0 Å². The molecule has 4 heteroatoms. The van der Waals surface area contributed by atoms with E-state index in [0.717, 1.165) is 0 Å². The van der Waals surface area contributed by atoms with Crippen LogP contribution in [0.15, 0.2) is 0 Å². The Bertz CT molecular complexity index is 79.0. The molecule has 1 heterocycles. The highest BCUT2D eigenvalue weighted by molar-refractivity contribution is 4.74. The van der Waals surface area contributed by atoms with Gasteiger partial charge in [0.1, 0.15) is 19.0 Å². The summed E-state index contributed by atoms with van der Waals surface area (Å²) >= 11 is 0. The molecule has 2 atom stereocenters. The van der Waals surface area contributed by atoms with Crippen molar-refractivity contribution < 1.29 is 9.47 Å². The van der Waals surface area contributed by atoms with Crippen LogP contribution in [0.4, 0.5) is 0 Å². The van der Waals surface area contributed by atoms with Gasteiger partial charge in [0.05, 0.1) is 0 Å². The average Bonchev–Trinajstić information content (AvgIpc) is 2.33. The van der Waals surface area contributed by atoms with E-state index in [0.29, 0.717) is 19.9 Å². The highest BCUT2D eigenvalue weighted by atomic mass is 16.7. The number of hydrogen-bond acceptors (Lipinski definition) is 4. The molecular formula is C5H12N2O2. The van der Waals surface area contributed by atoms with Crippen LogP contribution >= 0.6 is 0 Å². The van der Waals surface area contributed by atoms with Crippen molar-refractivity contribution in [3.8, 4) is 0 Å². The molecule has 1 fully saturated rings. The van der Waals surface area contributed by atoms with Crippen molar-refractivity contribution in [3.05, 3.63) is 0 Å². The minimum absolute atomic E-state index is 0.00926. The van der Waals surface area contributed by atoms with Crippen LogP contribution in [0.5, 0.6) is 0 Å². The van der Waals surface area contributed by atoms with Crippen molar-refractivity contribution in [2.45, 2.75) is 12.2 Å². The van der Waals surface area contributed by atoms with Gasteiger partial charge >= 0.3 is 0 Å². The Kier molecular flexibility index (Phi) is 2.41. The Hall–Kier alpha value is -0.160. The first-order valence-corrected chi connectivity index (χ1v) is 3.02. The van der Waals surface area contributed by atoms with Crippen LogP contribution in [-0.2, 0) is 9.47 Å². The van der Waals surface area contributed by atoms with Crippen molar-refractivity contribution in [2.75, 3.05) is 19.9 Å². The zero-order valence-electron chi connectivity index (χ0n) is 5.25. The molecule has 1 aliphatic rings. The maximum atomic E-state index is 5.34. The summed E-state index contributed by atoms with van der Waals surface area (Å²) in [7, 11) is 0. The zero-order chi connectivity index (χ0) is 6.69. The van der Waals surface area contributed by atoms with Gasteiger partial charge in [-0.05, 0) is 0 Å². The summed E-state index contributed by atoms with van der Waals surface area (Å²) in [6.07, 6.45) is 0.0185. The molecular weight excluding hydrogens is 120 g/mol. The standard InChI is InChI=1S/C5H12N2O2/c6-1-4-5(2-7)9-3-8-4/h4-5H,1-3,6-7H2/t4-,5-/m1/s1. The third-order valence-corrected chi connectivity index (χ3v) is 1.44. The summed E-state index contributed by atoms with van der Waals surface area (Å²) in [5, 5.41) is 0. The summed E-state index contributed by atoms with van der Waals surface area (Å²) in [6.45, 7) is 1.31. The molecule has 0 unspecified atom stereocenters. The maximum Gasteiger partial charge on any atom is 0.147 e. The highest BCUT2D eigenvalue weighted by Gasteiger charge is 2.25. The molecule has 1 rings (SSSR count). The van der Waals surface area contributed by atoms with Gasteiger partial charge in [0.2, 0.25) is 0 Å². The van der Waals surface area contributed by atoms with Gasteiger partial charge in [-0.2, -0.15) is 0 Å². The van der Waals surface area contributed by atoms with Crippen LogP contribution < -0.4 is 11.5 Å². The Balaban J connectivity index is 2.32. The molecule has 0 spiro atoms. The Morgan fingerprint density at radius 1 is 1.11 bits per heavy atom. The number of hydrogen-bond donors (Lipinski definition) is 2. The summed E-state index contributed by atoms with van der Waals surface area (Å²) in [5.41, 5.74) is 10.7. The van der Waals surface area contributed by atoms with Crippen molar-refractivity contribution in [3.63, 3.8) is 0 Å². The molecule has 1 aliphatic heterocycles. The fraction of sp³-hybridized carbons (Fsp3) is 1.00. The predicted octanol–water partition coefficient (Wildman–Crippen LogP) is -1.35. The van der Waals surface area contributed by atoms with Gasteiger partial charge in [0.25, 0.3) is 0 Å². The molecule has 1 saturated heterocycles. The smallest absolute Gasteiger partial charge is 0.147 e. The molecule has 0 saturated carbocycles. The zero-order valence-corrected chi connectivity index (χ0v) is 5.25. The monoisotopic (exact) mass is 132 g/mol. The third kappa shape index (κ3) is 1.40. The number of nitrogens with two attached hydrogens (primary N) is 2. The molecule has 4 nitrogen and oxygen atoms in total. The van der Waals surface area contributed by atoms with Crippen molar-refractivity contribution >= 4 is 0 Å². The second-order valence-corrected chi connectivity index (χ2v) is 2.00. The van der Waals surface area contributed by atoms with Crippen LogP contribution in [0.2, 0.25) is 0 Å². The van der Waals surface area contributed by atoms with Crippen molar-refractivity contribution in [1.29, 1.82) is 0 Å². The van der Waals surface area contributed by atoms with E-state index in [1.807, 2.05) is 0 Å². The van der Waals surface area contributed by atoms with Crippen molar-refractivity contribution in [2.24, 2.45) is 11.5 Å². The van der Waals surface area contributed by atoms with Crippen LogP contribution in [0.25, 0.3) is 0 Å². The van der Waals surface area contributed by atoms with Gasteiger partial charge in [0, 0.05) is 13.1 Å².